The van der Waals surface area contributed by atoms with E-state index in [1.807, 2.05) is 12.1 Å². The first-order valence-electron chi connectivity index (χ1n) is 4.63. The minimum atomic E-state index is -0.0780. The molecule has 0 amide bonds. The first-order chi connectivity index (χ1) is 6.26. The molecular weight excluding hydrogens is 160 g/mol. The summed E-state index contributed by atoms with van der Waals surface area (Å²) in [6.45, 7) is 2.32. The molecule has 0 spiro atoms. The smallest absolute Gasteiger partial charge is 0.0528 e. The maximum absolute atomic E-state index is 9.36. The van der Waals surface area contributed by atoms with Crippen LogP contribution in [0.1, 0.15) is 24.5 Å². The summed E-state index contributed by atoms with van der Waals surface area (Å²) in [5, 5.41) is 9.36. The quantitative estimate of drug-likeness (QED) is 0.693. The van der Waals surface area contributed by atoms with Gasteiger partial charge in [-0.1, -0.05) is 43.3 Å². The molecule has 1 aliphatic rings. The average molecular weight is 174 g/mol. The highest BCUT2D eigenvalue weighted by molar-refractivity contribution is 5.59. The summed E-state index contributed by atoms with van der Waals surface area (Å²) in [5.74, 6) is 0. The number of hydrogen-bond donors (Lipinski definition) is 1. The Morgan fingerprint density at radius 1 is 1.38 bits per heavy atom. The van der Waals surface area contributed by atoms with Crippen molar-refractivity contribution in [3.05, 3.63) is 41.5 Å². The van der Waals surface area contributed by atoms with Crippen LogP contribution in [0.25, 0.3) is 6.08 Å². The Labute approximate surface area is 78.7 Å². The minimum Gasteiger partial charge on any atom is -0.395 e. The summed E-state index contributed by atoms with van der Waals surface area (Å²) in [6.07, 6.45) is 5.20. The van der Waals surface area contributed by atoms with Crippen LogP contribution in [0, 0.1) is 0 Å². The van der Waals surface area contributed by atoms with Crippen molar-refractivity contribution < 1.29 is 5.11 Å². The molecule has 1 aliphatic carbocycles. The summed E-state index contributed by atoms with van der Waals surface area (Å²) < 4.78 is 0. The van der Waals surface area contributed by atoms with Gasteiger partial charge in [0, 0.05) is 5.41 Å². The van der Waals surface area contributed by atoms with Gasteiger partial charge in [-0.3, -0.25) is 0 Å². The van der Waals surface area contributed by atoms with Gasteiger partial charge in [0.1, 0.15) is 0 Å². The third kappa shape index (κ3) is 1.29. The van der Waals surface area contributed by atoms with Gasteiger partial charge >= 0.3 is 0 Å². The molecule has 0 aliphatic heterocycles. The molecule has 0 saturated carbocycles. The molecule has 0 aromatic heterocycles. The topological polar surface area (TPSA) is 20.2 Å². The molecule has 0 saturated heterocycles. The Kier molecular flexibility index (Phi) is 1.97. The molecule has 1 N–H and O–H groups in total. The largest absolute Gasteiger partial charge is 0.395 e. The van der Waals surface area contributed by atoms with Gasteiger partial charge in [-0.2, -0.15) is 0 Å². The van der Waals surface area contributed by atoms with Crippen LogP contribution < -0.4 is 0 Å². The standard InChI is InChI=1S/C12H14O/c1-12(9-13)8-4-6-10-5-2-3-7-11(10)12/h2-7,13H,8-9H2,1H3. The summed E-state index contributed by atoms with van der Waals surface area (Å²) >= 11 is 0. The van der Waals surface area contributed by atoms with Crippen molar-refractivity contribution in [3.8, 4) is 0 Å². The molecule has 0 heterocycles. The van der Waals surface area contributed by atoms with Crippen molar-refractivity contribution in [1.82, 2.24) is 0 Å². The van der Waals surface area contributed by atoms with Crippen molar-refractivity contribution >= 4 is 6.08 Å². The Morgan fingerprint density at radius 2 is 2.15 bits per heavy atom. The van der Waals surface area contributed by atoms with Crippen molar-refractivity contribution in [2.75, 3.05) is 6.61 Å². The van der Waals surface area contributed by atoms with E-state index in [1.54, 1.807) is 0 Å². The van der Waals surface area contributed by atoms with Crippen LogP contribution in [-0.2, 0) is 5.41 Å². The zero-order valence-electron chi connectivity index (χ0n) is 7.83. The van der Waals surface area contributed by atoms with Crippen molar-refractivity contribution in [3.63, 3.8) is 0 Å². The second-order valence-electron chi connectivity index (χ2n) is 3.91. The van der Waals surface area contributed by atoms with E-state index in [4.69, 9.17) is 0 Å². The lowest BCUT2D eigenvalue weighted by atomic mass is 9.75. The van der Waals surface area contributed by atoms with Crippen molar-refractivity contribution in [2.24, 2.45) is 0 Å². The maximum Gasteiger partial charge on any atom is 0.0528 e. The van der Waals surface area contributed by atoms with Gasteiger partial charge in [-0.25, -0.2) is 0 Å². The molecule has 1 aromatic rings. The Hall–Kier alpha value is -1.08. The van der Waals surface area contributed by atoms with E-state index >= 15 is 0 Å². The van der Waals surface area contributed by atoms with E-state index in [0.29, 0.717) is 0 Å². The Balaban J connectivity index is 2.55. The van der Waals surface area contributed by atoms with Crippen LogP contribution in [0.5, 0.6) is 0 Å². The third-order valence-electron chi connectivity index (χ3n) is 2.83. The predicted octanol–water partition coefficient (Wildman–Crippen LogP) is 2.35. The van der Waals surface area contributed by atoms with E-state index in [-0.39, 0.29) is 12.0 Å². The highest BCUT2D eigenvalue weighted by Crippen LogP contribution is 2.34. The predicted molar refractivity (Wildman–Crippen MR) is 54.5 cm³/mol. The van der Waals surface area contributed by atoms with E-state index in [9.17, 15) is 5.11 Å². The first-order valence-corrected chi connectivity index (χ1v) is 4.63. The molecule has 1 atom stereocenters. The van der Waals surface area contributed by atoms with Crippen LogP contribution in [0.15, 0.2) is 30.3 Å². The normalized spacial score (nSPS) is 25.7. The summed E-state index contributed by atoms with van der Waals surface area (Å²) in [7, 11) is 0. The van der Waals surface area contributed by atoms with Gasteiger partial charge in [-0.05, 0) is 17.5 Å². The highest BCUT2D eigenvalue weighted by Gasteiger charge is 2.28. The fourth-order valence-corrected chi connectivity index (χ4v) is 1.90. The lowest BCUT2D eigenvalue weighted by molar-refractivity contribution is 0.206. The van der Waals surface area contributed by atoms with Crippen molar-refractivity contribution in [2.45, 2.75) is 18.8 Å². The van der Waals surface area contributed by atoms with E-state index in [2.05, 4.69) is 31.2 Å². The number of allylic oxidation sites excluding steroid dienone is 1. The number of benzene rings is 1. The lowest BCUT2D eigenvalue weighted by Gasteiger charge is -2.31. The SMILES string of the molecule is CC1(CO)CC=Cc2ccccc21. The van der Waals surface area contributed by atoms with E-state index in [1.165, 1.54) is 11.1 Å². The summed E-state index contributed by atoms with van der Waals surface area (Å²) in [6, 6.07) is 8.27. The Bertz CT molecular complexity index is 341. The zero-order valence-corrected chi connectivity index (χ0v) is 7.83. The number of rotatable bonds is 1. The minimum absolute atomic E-state index is 0.0780. The molecule has 1 aromatic carbocycles. The third-order valence-corrected chi connectivity index (χ3v) is 2.83. The molecule has 0 radical (unpaired) electrons. The van der Waals surface area contributed by atoms with Crippen molar-refractivity contribution in [1.29, 1.82) is 0 Å². The molecule has 13 heavy (non-hydrogen) atoms. The first kappa shape index (κ1) is 8.52. The zero-order chi connectivity index (χ0) is 9.31. The van der Waals surface area contributed by atoms with Crippen LogP contribution in [0.4, 0.5) is 0 Å². The number of aliphatic hydroxyl groups is 1. The molecule has 0 bridgehead atoms. The Morgan fingerprint density at radius 3 is 2.92 bits per heavy atom. The van der Waals surface area contributed by atoms with Gasteiger partial charge < -0.3 is 5.11 Å². The molecule has 1 unspecified atom stereocenters. The van der Waals surface area contributed by atoms with Gasteiger partial charge in [0.25, 0.3) is 0 Å². The van der Waals surface area contributed by atoms with Crippen LogP contribution in [-0.4, -0.2) is 11.7 Å². The van der Waals surface area contributed by atoms with E-state index in [0.717, 1.165) is 6.42 Å². The van der Waals surface area contributed by atoms with Gasteiger partial charge in [0.2, 0.25) is 0 Å². The summed E-state index contributed by atoms with van der Waals surface area (Å²) in [4.78, 5) is 0. The second kappa shape index (κ2) is 3.00. The number of fused-ring (bicyclic) bond motifs is 1. The van der Waals surface area contributed by atoms with Crippen LogP contribution >= 0.6 is 0 Å². The maximum atomic E-state index is 9.36. The fourth-order valence-electron chi connectivity index (χ4n) is 1.90. The molecule has 68 valence electrons. The fraction of sp³-hybridized carbons (Fsp3) is 0.333. The van der Waals surface area contributed by atoms with Gasteiger partial charge in [0.05, 0.1) is 6.61 Å². The van der Waals surface area contributed by atoms with Crippen LogP contribution in [0.2, 0.25) is 0 Å². The monoisotopic (exact) mass is 174 g/mol. The van der Waals surface area contributed by atoms with E-state index < -0.39 is 0 Å². The highest BCUT2D eigenvalue weighted by atomic mass is 16.3. The lowest BCUT2D eigenvalue weighted by Crippen LogP contribution is -2.28. The number of aliphatic hydroxyl groups excluding tert-OH is 1. The molecule has 2 rings (SSSR count). The average Bonchev–Trinajstić information content (AvgIpc) is 2.19. The van der Waals surface area contributed by atoms with Crippen LogP contribution in [0.3, 0.4) is 0 Å². The van der Waals surface area contributed by atoms with Gasteiger partial charge in [0.15, 0.2) is 0 Å². The second-order valence-corrected chi connectivity index (χ2v) is 3.91. The number of hydrogen-bond acceptors (Lipinski definition) is 1. The van der Waals surface area contributed by atoms with Gasteiger partial charge in [-0.15, -0.1) is 0 Å². The molecular formula is C12H14O. The molecule has 1 nitrogen and oxygen atoms in total. The molecule has 1 heteroatoms. The molecule has 0 fully saturated rings. The summed E-state index contributed by atoms with van der Waals surface area (Å²) in [5.41, 5.74) is 2.43.